The molecule has 3 N–H and O–H groups in total. The molecule has 0 aromatic carbocycles. The standard InChI is InChI=1S/C15H23N5/c1-10-5-6-18-15(13(10)14(16)17)20-9-12-4-3-7-19(12)8-11(20)2/h5-6,11-12H,3-4,7-9H2,1-2H3,(H3,16,17). The van der Waals surface area contributed by atoms with Gasteiger partial charge in [0, 0.05) is 31.4 Å². The van der Waals surface area contributed by atoms with Crippen LogP contribution < -0.4 is 10.6 Å². The lowest BCUT2D eigenvalue weighted by Crippen LogP contribution is -2.55. The van der Waals surface area contributed by atoms with E-state index in [-0.39, 0.29) is 5.84 Å². The number of piperazine rings is 1. The molecule has 5 nitrogen and oxygen atoms in total. The van der Waals surface area contributed by atoms with Crippen molar-refractivity contribution in [1.29, 1.82) is 5.41 Å². The normalized spacial score (nSPS) is 26.6. The van der Waals surface area contributed by atoms with Crippen LogP contribution in [0.4, 0.5) is 5.82 Å². The predicted octanol–water partition coefficient (Wildman–Crippen LogP) is 1.35. The van der Waals surface area contributed by atoms with Crippen molar-refractivity contribution in [2.24, 2.45) is 5.73 Å². The molecule has 0 amide bonds. The lowest BCUT2D eigenvalue weighted by molar-refractivity contribution is 0.202. The Balaban J connectivity index is 1.96. The molecule has 0 spiro atoms. The quantitative estimate of drug-likeness (QED) is 0.630. The Labute approximate surface area is 120 Å². The highest BCUT2D eigenvalue weighted by atomic mass is 15.3. The highest BCUT2D eigenvalue weighted by Crippen LogP contribution is 2.30. The summed E-state index contributed by atoms with van der Waals surface area (Å²) in [6, 6.07) is 2.97. The fraction of sp³-hybridized carbons (Fsp3) is 0.600. The van der Waals surface area contributed by atoms with Crippen LogP contribution in [0.15, 0.2) is 12.3 Å². The van der Waals surface area contributed by atoms with Gasteiger partial charge in [0.15, 0.2) is 0 Å². The summed E-state index contributed by atoms with van der Waals surface area (Å²) in [5, 5.41) is 7.85. The highest BCUT2D eigenvalue weighted by Gasteiger charge is 2.35. The minimum Gasteiger partial charge on any atom is -0.384 e. The first kappa shape index (κ1) is 13.4. The molecule has 2 fully saturated rings. The zero-order chi connectivity index (χ0) is 14.3. The maximum Gasteiger partial charge on any atom is 0.140 e. The number of aromatic nitrogens is 1. The summed E-state index contributed by atoms with van der Waals surface area (Å²) in [7, 11) is 0. The second kappa shape index (κ2) is 5.05. The number of anilines is 1. The maximum absolute atomic E-state index is 7.85. The summed E-state index contributed by atoms with van der Waals surface area (Å²) in [6.07, 6.45) is 4.39. The molecule has 108 valence electrons. The average Bonchev–Trinajstić information content (AvgIpc) is 2.84. The zero-order valence-corrected chi connectivity index (χ0v) is 12.3. The topological polar surface area (TPSA) is 69.2 Å². The number of nitrogens with zero attached hydrogens (tertiary/aromatic N) is 3. The summed E-state index contributed by atoms with van der Waals surface area (Å²) in [5.74, 6) is 1.00. The smallest absolute Gasteiger partial charge is 0.140 e. The molecule has 1 aromatic heterocycles. The molecule has 2 unspecified atom stereocenters. The average molecular weight is 273 g/mol. The molecule has 3 rings (SSSR count). The van der Waals surface area contributed by atoms with Crippen molar-refractivity contribution in [3.8, 4) is 0 Å². The highest BCUT2D eigenvalue weighted by molar-refractivity contribution is 6.01. The summed E-state index contributed by atoms with van der Waals surface area (Å²) in [5.41, 5.74) is 7.61. The lowest BCUT2D eigenvalue weighted by Gasteiger charge is -2.43. The van der Waals surface area contributed by atoms with Gasteiger partial charge in [-0.1, -0.05) is 0 Å². The largest absolute Gasteiger partial charge is 0.384 e. The molecule has 1 aromatic rings. The molecule has 2 aliphatic rings. The molecule has 0 bridgehead atoms. The number of rotatable bonds is 2. The van der Waals surface area contributed by atoms with Gasteiger partial charge in [-0.05, 0) is 44.9 Å². The van der Waals surface area contributed by atoms with E-state index >= 15 is 0 Å². The molecule has 2 saturated heterocycles. The van der Waals surface area contributed by atoms with Crippen molar-refractivity contribution in [1.82, 2.24) is 9.88 Å². The molecule has 5 heteroatoms. The van der Waals surface area contributed by atoms with Gasteiger partial charge in [0.25, 0.3) is 0 Å². The van der Waals surface area contributed by atoms with Gasteiger partial charge in [-0.3, -0.25) is 10.3 Å². The van der Waals surface area contributed by atoms with Crippen molar-refractivity contribution in [3.05, 3.63) is 23.4 Å². The Kier molecular flexibility index (Phi) is 3.38. The van der Waals surface area contributed by atoms with Crippen LogP contribution in [0, 0.1) is 12.3 Å². The zero-order valence-electron chi connectivity index (χ0n) is 12.3. The molecular formula is C15H23N5. The van der Waals surface area contributed by atoms with Crippen LogP contribution in [0.5, 0.6) is 0 Å². The van der Waals surface area contributed by atoms with Crippen LogP contribution in [0.25, 0.3) is 0 Å². The Bertz CT molecular complexity index is 527. The summed E-state index contributed by atoms with van der Waals surface area (Å²) >= 11 is 0. The first-order chi connectivity index (χ1) is 9.58. The number of amidine groups is 1. The fourth-order valence-electron chi connectivity index (χ4n) is 3.58. The van der Waals surface area contributed by atoms with Crippen LogP contribution in [0.3, 0.4) is 0 Å². The Morgan fingerprint density at radius 1 is 1.45 bits per heavy atom. The summed E-state index contributed by atoms with van der Waals surface area (Å²) in [4.78, 5) is 9.47. The van der Waals surface area contributed by atoms with Crippen molar-refractivity contribution in [2.45, 2.75) is 38.8 Å². The van der Waals surface area contributed by atoms with E-state index in [9.17, 15) is 0 Å². The minimum absolute atomic E-state index is 0.117. The summed E-state index contributed by atoms with van der Waals surface area (Å²) < 4.78 is 0. The van der Waals surface area contributed by atoms with Gasteiger partial charge in [-0.2, -0.15) is 0 Å². The molecule has 0 aliphatic carbocycles. The fourth-order valence-corrected chi connectivity index (χ4v) is 3.58. The van der Waals surface area contributed by atoms with Gasteiger partial charge in [-0.15, -0.1) is 0 Å². The van der Waals surface area contributed by atoms with Gasteiger partial charge in [0.1, 0.15) is 11.7 Å². The molecule has 0 saturated carbocycles. The van der Waals surface area contributed by atoms with E-state index < -0.39 is 0 Å². The van der Waals surface area contributed by atoms with Crippen LogP contribution in [0.2, 0.25) is 0 Å². The van der Waals surface area contributed by atoms with E-state index in [1.54, 1.807) is 0 Å². The monoisotopic (exact) mass is 273 g/mol. The van der Waals surface area contributed by atoms with E-state index in [4.69, 9.17) is 11.1 Å². The molecule has 2 aliphatic heterocycles. The van der Waals surface area contributed by atoms with Gasteiger partial charge in [-0.25, -0.2) is 4.98 Å². The Hall–Kier alpha value is -1.62. The third-order valence-corrected chi connectivity index (χ3v) is 4.62. The van der Waals surface area contributed by atoms with Gasteiger partial charge >= 0.3 is 0 Å². The molecular weight excluding hydrogens is 250 g/mol. The second-order valence-corrected chi connectivity index (χ2v) is 6.03. The van der Waals surface area contributed by atoms with E-state index in [0.717, 1.165) is 30.0 Å². The van der Waals surface area contributed by atoms with Crippen molar-refractivity contribution in [2.75, 3.05) is 24.5 Å². The van der Waals surface area contributed by atoms with Crippen molar-refractivity contribution < 1.29 is 0 Å². The van der Waals surface area contributed by atoms with E-state index in [2.05, 4.69) is 21.7 Å². The van der Waals surface area contributed by atoms with Gasteiger partial charge < -0.3 is 10.6 Å². The molecule has 2 atom stereocenters. The minimum atomic E-state index is 0.117. The first-order valence-corrected chi connectivity index (χ1v) is 7.38. The number of hydrogen-bond donors (Lipinski definition) is 2. The van der Waals surface area contributed by atoms with Gasteiger partial charge in [0.05, 0.1) is 5.56 Å². The van der Waals surface area contributed by atoms with Crippen LogP contribution in [-0.2, 0) is 0 Å². The van der Waals surface area contributed by atoms with Crippen LogP contribution >= 0.6 is 0 Å². The lowest BCUT2D eigenvalue weighted by atomic mass is 10.0. The SMILES string of the molecule is Cc1ccnc(N2CC3CCCN3CC2C)c1C(=N)N. The number of fused-ring (bicyclic) bond motifs is 1. The molecule has 0 radical (unpaired) electrons. The second-order valence-electron chi connectivity index (χ2n) is 6.03. The number of pyridine rings is 1. The van der Waals surface area contributed by atoms with Gasteiger partial charge in [0.2, 0.25) is 0 Å². The molecule has 3 heterocycles. The maximum atomic E-state index is 7.85. The predicted molar refractivity (Wildman–Crippen MR) is 81.4 cm³/mol. The van der Waals surface area contributed by atoms with Crippen LogP contribution in [-0.4, -0.2) is 47.4 Å². The first-order valence-electron chi connectivity index (χ1n) is 7.38. The Morgan fingerprint density at radius 3 is 3.00 bits per heavy atom. The third-order valence-electron chi connectivity index (χ3n) is 4.62. The Morgan fingerprint density at radius 2 is 2.25 bits per heavy atom. The number of nitrogens with two attached hydrogens (primary N) is 1. The van der Waals surface area contributed by atoms with E-state index in [0.29, 0.717) is 12.1 Å². The van der Waals surface area contributed by atoms with E-state index in [1.165, 1.54) is 19.4 Å². The number of nitrogens with one attached hydrogen (secondary N) is 1. The third kappa shape index (κ3) is 2.16. The van der Waals surface area contributed by atoms with Crippen LogP contribution in [0.1, 0.15) is 30.9 Å². The molecule has 20 heavy (non-hydrogen) atoms. The van der Waals surface area contributed by atoms with Crippen molar-refractivity contribution >= 4 is 11.7 Å². The van der Waals surface area contributed by atoms with E-state index in [1.807, 2.05) is 19.2 Å². The number of nitrogen functional groups attached to an aromatic ring is 1. The van der Waals surface area contributed by atoms with Crippen molar-refractivity contribution in [3.63, 3.8) is 0 Å². The number of hydrogen-bond acceptors (Lipinski definition) is 4. The number of aryl methyl sites for hydroxylation is 1. The summed E-state index contributed by atoms with van der Waals surface area (Å²) in [6.45, 7) is 7.54.